The summed E-state index contributed by atoms with van der Waals surface area (Å²) in [5, 5.41) is 0. The van der Waals surface area contributed by atoms with Gasteiger partial charge in [0, 0.05) is 18.8 Å². The molecule has 0 saturated carbocycles. The molecule has 33 heavy (non-hydrogen) atoms. The van der Waals surface area contributed by atoms with Crippen molar-refractivity contribution in [1.82, 2.24) is 9.88 Å². The number of para-hydroxylation sites is 1. The highest BCUT2D eigenvalue weighted by Crippen LogP contribution is 2.30. The van der Waals surface area contributed by atoms with Crippen molar-refractivity contribution in [2.24, 2.45) is 0 Å². The molecule has 1 unspecified atom stereocenters. The summed E-state index contributed by atoms with van der Waals surface area (Å²) in [5.74, 6) is 0.00536. The number of rotatable bonds is 6. The normalized spacial score (nSPS) is 16.3. The Morgan fingerprint density at radius 2 is 1.67 bits per heavy atom. The zero-order chi connectivity index (χ0) is 23.6. The molecule has 1 saturated heterocycles. The summed E-state index contributed by atoms with van der Waals surface area (Å²) in [4.78, 5) is 32.2. The molecule has 0 N–H and O–H groups in total. The monoisotopic (exact) mass is 457 g/mol. The summed E-state index contributed by atoms with van der Waals surface area (Å²) in [7, 11) is 0. The van der Waals surface area contributed by atoms with Crippen molar-refractivity contribution >= 4 is 17.6 Å². The van der Waals surface area contributed by atoms with Crippen molar-refractivity contribution < 1.29 is 32.2 Å². The molecule has 4 rings (SSSR count). The van der Waals surface area contributed by atoms with Crippen LogP contribution in [0, 0.1) is 0 Å². The van der Waals surface area contributed by atoms with E-state index < -0.39 is 30.1 Å². The van der Waals surface area contributed by atoms with Gasteiger partial charge in [-0.05, 0) is 55.0 Å². The van der Waals surface area contributed by atoms with Crippen molar-refractivity contribution in [3.8, 4) is 17.4 Å². The van der Waals surface area contributed by atoms with Gasteiger partial charge in [0.25, 0.3) is 5.91 Å². The average Bonchev–Trinajstić information content (AvgIpc) is 2.98. The molecule has 2 aromatic carbocycles. The summed E-state index contributed by atoms with van der Waals surface area (Å²) in [5.41, 5.74) is 0.844. The van der Waals surface area contributed by atoms with Gasteiger partial charge in [-0.2, -0.15) is 0 Å². The molecular formula is C23H18F3N3O4. The molecule has 0 bridgehead atoms. The number of ether oxygens (including phenoxy) is 2. The smallest absolute Gasteiger partial charge is 0.439 e. The number of carbonyl (C=O) groups is 2. The highest BCUT2D eigenvalue weighted by Gasteiger charge is 2.43. The van der Waals surface area contributed by atoms with E-state index in [9.17, 15) is 22.8 Å². The lowest BCUT2D eigenvalue weighted by molar-refractivity contribution is -0.274. The molecule has 1 fully saturated rings. The molecule has 0 spiro atoms. The fourth-order valence-electron chi connectivity index (χ4n) is 3.36. The molecular weight excluding hydrogens is 439 g/mol. The molecule has 1 aromatic heterocycles. The predicted octanol–water partition coefficient (Wildman–Crippen LogP) is 5.13. The number of hydrogen-bond donors (Lipinski definition) is 0. The number of imide groups is 1. The molecule has 2 heterocycles. The van der Waals surface area contributed by atoms with Gasteiger partial charge in [0.1, 0.15) is 17.5 Å². The Kier molecular flexibility index (Phi) is 5.91. The van der Waals surface area contributed by atoms with Gasteiger partial charge in [0.15, 0.2) is 0 Å². The van der Waals surface area contributed by atoms with Crippen LogP contribution in [0.5, 0.6) is 17.4 Å². The van der Waals surface area contributed by atoms with Crippen LogP contribution in [0.3, 0.4) is 0 Å². The van der Waals surface area contributed by atoms with Gasteiger partial charge < -0.3 is 14.4 Å². The van der Waals surface area contributed by atoms with E-state index in [1.165, 1.54) is 23.2 Å². The van der Waals surface area contributed by atoms with Crippen molar-refractivity contribution in [3.63, 3.8) is 0 Å². The number of nitrogens with zero attached hydrogens (tertiary/aromatic N) is 3. The summed E-state index contributed by atoms with van der Waals surface area (Å²) >= 11 is 0. The van der Waals surface area contributed by atoms with Crippen LogP contribution in [0.25, 0.3) is 0 Å². The minimum absolute atomic E-state index is 0.116. The molecule has 10 heteroatoms. The Labute approximate surface area is 187 Å². The summed E-state index contributed by atoms with van der Waals surface area (Å²) in [6.45, 7) is 1.70. The zero-order valence-electron chi connectivity index (χ0n) is 17.3. The Morgan fingerprint density at radius 3 is 2.33 bits per heavy atom. The lowest BCUT2D eigenvalue weighted by atomic mass is 10.2. The van der Waals surface area contributed by atoms with E-state index in [1.54, 1.807) is 31.2 Å². The fourth-order valence-corrected chi connectivity index (χ4v) is 3.36. The van der Waals surface area contributed by atoms with Gasteiger partial charge in [-0.15, -0.1) is 13.2 Å². The Morgan fingerprint density at radius 1 is 0.970 bits per heavy atom. The third-order valence-corrected chi connectivity index (χ3v) is 4.93. The first kappa shape index (κ1) is 22.1. The van der Waals surface area contributed by atoms with Crippen molar-refractivity contribution in [2.45, 2.75) is 25.9 Å². The molecule has 0 radical (unpaired) electrons. The molecule has 3 aromatic rings. The van der Waals surface area contributed by atoms with Gasteiger partial charge in [0.2, 0.25) is 5.88 Å². The van der Waals surface area contributed by atoms with Crippen LogP contribution in [0.4, 0.5) is 23.7 Å². The maximum atomic E-state index is 13.0. The second kappa shape index (κ2) is 8.81. The van der Waals surface area contributed by atoms with Gasteiger partial charge in [-0.25, -0.2) is 14.7 Å². The number of amides is 3. The van der Waals surface area contributed by atoms with Crippen molar-refractivity contribution in [3.05, 3.63) is 78.5 Å². The molecule has 170 valence electrons. The lowest BCUT2D eigenvalue weighted by Crippen LogP contribution is -2.33. The molecule has 3 amide bonds. The molecule has 1 aliphatic rings. The number of halogens is 3. The highest BCUT2D eigenvalue weighted by atomic mass is 19.4. The van der Waals surface area contributed by atoms with E-state index in [0.29, 0.717) is 17.2 Å². The maximum absolute atomic E-state index is 13.0. The lowest BCUT2D eigenvalue weighted by Gasteiger charge is -2.19. The average molecular weight is 457 g/mol. The summed E-state index contributed by atoms with van der Waals surface area (Å²) < 4.78 is 46.6. The third-order valence-electron chi connectivity index (χ3n) is 4.93. The molecule has 7 nitrogen and oxygen atoms in total. The van der Waals surface area contributed by atoms with Crippen LogP contribution in [0.15, 0.2) is 72.9 Å². The first-order valence-electron chi connectivity index (χ1n) is 9.89. The summed E-state index contributed by atoms with van der Waals surface area (Å²) in [6, 6.07) is 15.6. The van der Waals surface area contributed by atoms with Crippen LogP contribution < -0.4 is 14.4 Å². The Bertz CT molecular complexity index is 1150. The topological polar surface area (TPSA) is 72.0 Å². The minimum Gasteiger partial charge on any atom is -0.439 e. The largest absolute Gasteiger partial charge is 0.573 e. The van der Waals surface area contributed by atoms with E-state index in [2.05, 4.69) is 9.72 Å². The quantitative estimate of drug-likeness (QED) is 0.480. The number of anilines is 1. The van der Waals surface area contributed by atoms with Crippen LogP contribution in [0.1, 0.15) is 12.5 Å². The minimum atomic E-state index is -4.83. The van der Waals surface area contributed by atoms with E-state index in [4.69, 9.17) is 4.74 Å². The molecule has 1 aliphatic heterocycles. The molecule has 0 aliphatic carbocycles. The Balaban J connectivity index is 1.49. The van der Waals surface area contributed by atoms with Gasteiger partial charge in [0.05, 0.1) is 5.69 Å². The number of hydrogen-bond acceptors (Lipinski definition) is 5. The fraction of sp³-hybridized carbons (Fsp3) is 0.174. The first-order valence-corrected chi connectivity index (χ1v) is 9.89. The van der Waals surface area contributed by atoms with Crippen LogP contribution in [0.2, 0.25) is 0 Å². The number of pyridine rings is 1. The number of carbonyl (C=O) groups excluding carboxylic acids is 2. The SMILES string of the molecule is CC1C(=O)N(c2ccc(OC(F)(F)F)cc2)C(=O)N1Cc1ccnc(Oc2ccccc2)c1. The summed E-state index contributed by atoms with van der Waals surface area (Å²) in [6.07, 6.45) is -3.29. The third kappa shape index (κ3) is 5.05. The van der Waals surface area contributed by atoms with Crippen molar-refractivity contribution in [2.75, 3.05) is 4.90 Å². The van der Waals surface area contributed by atoms with E-state index in [-0.39, 0.29) is 12.2 Å². The van der Waals surface area contributed by atoms with Gasteiger partial charge in [-0.3, -0.25) is 4.79 Å². The molecule has 1 atom stereocenters. The predicted molar refractivity (Wildman–Crippen MR) is 112 cm³/mol. The Hall–Kier alpha value is -4.08. The highest BCUT2D eigenvalue weighted by molar-refractivity contribution is 6.21. The number of alkyl halides is 3. The van der Waals surface area contributed by atoms with E-state index >= 15 is 0 Å². The van der Waals surface area contributed by atoms with E-state index in [0.717, 1.165) is 17.0 Å². The number of urea groups is 1. The van der Waals surface area contributed by atoms with Gasteiger partial charge >= 0.3 is 12.4 Å². The van der Waals surface area contributed by atoms with E-state index in [1.807, 2.05) is 18.2 Å². The second-order valence-corrected chi connectivity index (χ2v) is 7.22. The number of benzene rings is 2. The first-order chi connectivity index (χ1) is 15.7. The second-order valence-electron chi connectivity index (χ2n) is 7.22. The van der Waals surface area contributed by atoms with Crippen molar-refractivity contribution in [1.29, 1.82) is 0 Å². The van der Waals surface area contributed by atoms with Crippen LogP contribution >= 0.6 is 0 Å². The zero-order valence-corrected chi connectivity index (χ0v) is 17.3. The van der Waals surface area contributed by atoms with Crippen LogP contribution in [-0.4, -0.2) is 34.2 Å². The maximum Gasteiger partial charge on any atom is 0.573 e. The number of aromatic nitrogens is 1. The van der Waals surface area contributed by atoms with Crippen LogP contribution in [-0.2, 0) is 11.3 Å². The standard InChI is InChI=1S/C23H18F3N3O4/c1-15-21(30)29(17-7-9-19(10-8-17)33-23(24,25)26)22(31)28(15)14-16-11-12-27-20(13-16)32-18-5-3-2-4-6-18/h2-13,15H,14H2,1H3. The van der Waals surface area contributed by atoms with Gasteiger partial charge in [-0.1, -0.05) is 18.2 Å².